The van der Waals surface area contributed by atoms with Crippen LogP contribution in [-0.4, -0.2) is 4.98 Å². The van der Waals surface area contributed by atoms with E-state index in [2.05, 4.69) is 36.4 Å². The van der Waals surface area contributed by atoms with Gasteiger partial charge in [0, 0.05) is 17.1 Å². The summed E-state index contributed by atoms with van der Waals surface area (Å²) >= 11 is 0. The molecule has 0 amide bonds. The molecule has 2 aliphatic rings. The average Bonchev–Trinajstić information content (AvgIpc) is 2.65. The molecule has 3 aromatic rings. The van der Waals surface area contributed by atoms with E-state index in [9.17, 15) is 0 Å². The minimum atomic E-state index is 1.19. The lowest BCUT2D eigenvalue weighted by Crippen LogP contribution is -2.06. The zero-order chi connectivity index (χ0) is 15.9. The summed E-state index contributed by atoms with van der Waals surface area (Å²) < 4.78 is 0. The number of pyridine rings is 1. The van der Waals surface area contributed by atoms with Crippen molar-refractivity contribution in [2.24, 2.45) is 0 Å². The number of rotatable bonds is 1. The van der Waals surface area contributed by atoms with Crippen molar-refractivity contribution >= 4 is 10.8 Å². The molecule has 24 heavy (non-hydrogen) atoms. The van der Waals surface area contributed by atoms with E-state index in [0.717, 1.165) is 0 Å². The molecule has 0 atom stereocenters. The number of fused-ring (bicyclic) bond motifs is 3. The van der Waals surface area contributed by atoms with Gasteiger partial charge in [-0.3, -0.25) is 4.98 Å². The highest BCUT2D eigenvalue weighted by Gasteiger charge is 2.18. The SMILES string of the molecule is c1cc2c(c(-c3nccc4cc5c(cc34)CCCC5)c1)CCCC2. The second-order valence-corrected chi connectivity index (χ2v) is 7.36. The van der Waals surface area contributed by atoms with Gasteiger partial charge in [-0.25, -0.2) is 0 Å². The van der Waals surface area contributed by atoms with Crippen molar-refractivity contribution in [3.63, 3.8) is 0 Å². The molecule has 0 aliphatic heterocycles. The van der Waals surface area contributed by atoms with Crippen molar-refractivity contribution in [3.05, 3.63) is 64.8 Å². The lowest BCUT2D eigenvalue weighted by atomic mass is 9.85. The first-order valence-electron chi connectivity index (χ1n) is 9.42. The molecule has 120 valence electrons. The van der Waals surface area contributed by atoms with E-state index in [1.54, 1.807) is 16.7 Å². The zero-order valence-electron chi connectivity index (χ0n) is 14.1. The molecule has 0 radical (unpaired) electrons. The summed E-state index contributed by atoms with van der Waals surface area (Å²) in [7, 11) is 0. The summed E-state index contributed by atoms with van der Waals surface area (Å²) in [5, 5.41) is 2.70. The van der Waals surface area contributed by atoms with Gasteiger partial charge in [0.05, 0.1) is 5.69 Å². The molecule has 0 saturated carbocycles. The van der Waals surface area contributed by atoms with Gasteiger partial charge in [-0.05, 0) is 91.1 Å². The number of hydrogen-bond acceptors (Lipinski definition) is 1. The van der Waals surface area contributed by atoms with Gasteiger partial charge in [-0.2, -0.15) is 0 Å². The van der Waals surface area contributed by atoms with E-state index in [1.807, 2.05) is 6.20 Å². The highest BCUT2D eigenvalue weighted by Crippen LogP contribution is 2.36. The van der Waals surface area contributed by atoms with Crippen LogP contribution < -0.4 is 0 Å². The minimum Gasteiger partial charge on any atom is -0.256 e. The lowest BCUT2D eigenvalue weighted by molar-refractivity contribution is 0.686. The Hall–Kier alpha value is -2.15. The summed E-state index contributed by atoms with van der Waals surface area (Å²) in [6, 6.07) is 13.9. The molecule has 2 aromatic carbocycles. The molecule has 0 unspecified atom stereocenters. The largest absolute Gasteiger partial charge is 0.256 e. The summed E-state index contributed by atoms with van der Waals surface area (Å²) in [5.74, 6) is 0. The molecule has 0 N–H and O–H groups in total. The molecule has 0 saturated heterocycles. The first-order valence-corrected chi connectivity index (χ1v) is 9.42. The molecule has 0 fully saturated rings. The number of benzene rings is 2. The van der Waals surface area contributed by atoms with Crippen LogP contribution >= 0.6 is 0 Å². The maximum atomic E-state index is 4.83. The molecular formula is C23H23N. The van der Waals surface area contributed by atoms with Crippen LogP contribution in [0, 0.1) is 0 Å². The molecule has 1 heteroatoms. The van der Waals surface area contributed by atoms with E-state index >= 15 is 0 Å². The van der Waals surface area contributed by atoms with Gasteiger partial charge >= 0.3 is 0 Å². The molecular weight excluding hydrogens is 290 g/mol. The van der Waals surface area contributed by atoms with Crippen molar-refractivity contribution in [1.29, 1.82) is 0 Å². The number of nitrogens with zero attached hydrogens (tertiary/aromatic N) is 1. The average molecular weight is 313 g/mol. The topological polar surface area (TPSA) is 12.9 Å². The second kappa shape index (κ2) is 5.73. The standard InChI is InChI=1S/C23H23N/c1-2-8-18-15-22-19(14-17(18)7-1)12-13-24-23(22)21-11-5-9-16-6-3-4-10-20(16)21/h5,9,11-15H,1-4,6-8,10H2. The molecule has 1 aromatic heterocycles. The number of aromatic nitrogens is 1. The Morgan fingerprint density at radius 3 is 2.33 bits per heavy atom. The molecule has 5 rings (SSSR count). The van der Waals surface area contributed by atoms with Crippen LogP contribution in [0.3, 0.4) is 0 Å². The Kier molecular flexibility index (Phi) is 3.40. The van der Waals surface area contributed by atoms with Crippen LogP contribution in [0.25, 0.3) is 22.0 Å². The van der Waals surface area contributed by atoms with Crippen molar-refractivity contribution < 1.29 is 0 Å². The first kappa shape index (κ1) is 14.2. The molecule has 1 heterocycles. The molecule has 0 bridgehead atoms. The maximum absolute atomic E-state index is 4.83. The van der Waals surface area contributed by atoms with E-state index in [0.29, 0.717) is 0 Å². The van der Waals surface area contributed by atoms with Crippen molar-refractivity contribution in [2.75, 3.05) is 0 Å². The van der Waals surface area contributed by atoms with E-state index in [1.165, 1.54) is 79.0 Å². The first-order chi connectivity index (χ1) is 11.9. The Labute approximate surface area is 143 Å². The fraction of sp³-hybridized carbons (Fsp3) is 0.348. The van der Waals surface area contributed by atoms with Crippen LogP contribution in [0.4, 0.5) is 0 Å². The van der Waals surface area contributed by atoms with Crippen LogP contribution in [0.15, 0.2) is 42.6 Å². The van der Waals surface area contributed by atoms with Crippen LogP contribution in [0.1, 0.15) is 47.9 Å². The van der Waals surface area contributed by atoms with E-state index in [-0.39, 0.29) is 0 Å². The number of aryl methyl sites for hydroxylation is 3. The summed E-state index contributed by atoms with van der Waals surface area (Å²) in [6.07, 6.45) is 12.2. The lowest BCUT2D eigenvalue weighted by Gasteiger charge is -2.21. The van der Waals surface area contributed by atoms with Gasteiger partial charge in [-0.15, -0.1) is 0 Å². The third-order valence-electron chi connectivity index (χ3n) is 5.88. The summed E-state index contributed by atoms with van der Waals surface area (Å²) in [6.45, 7) is 0. The highest BCUT2D eigenvalue weighted by molar-refractivity contribution is 5.96. The molecule has 1 nitrogen and oxygen atoms in total. The Bertz CT molecular complexity index is 923. The fourth-order valence-electron chi connectivity index (χ4n) is 4.63. The van der Waals surface area contributed by atoms with Crippen molar-refractivity contribution in [2.45, 2.75) is 51.4 Å². The minimum absolute atomic E-state index is 1.19. The summed E-state index contributed by atoms with van der Waals surface area (Å²) in [5.41, 5.74) is 8.75. The van der Waals surface area contributed by atoms with Crippen molar-refractivity contribution in [3.8, 4) is 11.3 Å². The van der Waals surface area contributed by atoms with Gasteiger partial charge in [0.1, 0.15) is 0 Å². The predicted molar refractivity (Wildman–Crippen MR) is 100 cm³/mol. The molecule has 2 aliphatic carbocycles. The van der Waals surface area contributed by atoms with E-state index in [4.69, 9.17) is 4.98 Å². The van der Waals surface area contributed by atoms with Gasteiger partial charge < -0.3 is 0 Å². The quantitative estimate of drug-likeness (QED) is 0.565. The van der Waals surface area contributed by atoms with Gasteiger partial charge in [-0.1, -0.05) is 24.3 Å². The zero-order valence-corrected chi connectivity index (χ0v) is 14.1. The van der Waals surface area contributed by atoms with Crippen LogP contribution in [0.2, 0.25) is 0 Å². The Balaban J connectivity index is 1.75. The third-order valence-corrected chi connectivity index (χ3v) is 5.88. The summed E-state index contributed by atoms with van der Waals surface area (Å²) in [4.78, 5) is 4.83. The van der Waals surface area contributed by atoms with Crippen LogP contribution in [-0.2, 0) is 25.7 Å². The van der Waals surface area contributed by atoms with Gasteiger partial charge in [0.15, 0.2) is 0 Å². The maximum Gasteiger partial charge on any atom is 0.0783 e. The Morgan fingerprint density at radius 1 is 0.708 bits per heavy atom. The monoisotopic (exact) mass is 313 g/mol. The number of hydrogen-bond donors (Lipinski definition) is 0. The predicted octanol–water partition coefficient (Wildman–Crippen LogP) is 5.66. The van der Waals surface area contributed by atoms with Crippen LogP contribution in [0.5, 0.6) is 0 Å². The van der Waals surface area contributed by atoms with E-state index < -0.39 is 0 Å². The highest BCUT2D eigenvalue weighted by atomic mass is 14.7. The fourth-order valence-corrected chi connectivity index (χ4v) is 4.63. The van der Waals surface area contributed by atoms with Crippen molar-refractivity contribution in [1.82, 2.24) is 4.98 Å². The third kappa shape index (κ3) is 2.26. The smallest absolute Gasteiger partial charge is 0.0783 e. The molecule has 0 spiro atoms. The Morgan fingerprint density at radius 2 is 1.46 bits per heavy atom. The van der Waals surface area contributed by atoms with Gasteiger partial charge in [0.2, 0.25) is 0 Å². The van der Waals surface area contributed by atoms with Gasteiger partial charge in [0.25, 0.3) is 0 Å². The second-order valence-electron chi connectivity index (χ2n) is 7.36. The normalized spacial score (nSPS) is 16.7.